The lowest BCUT2D eigenvalue weighted by Gasteiger charge is -2.34. The van der Waals surface area contributed by atoms with Crippen LogP contribution in [-0.4, -0.2) is 37.1 Å². The lowest BCUT2D eigenvalue weighted by atomic mass is 9.90. The molecule has 0 atom stereocenters. The number of sulfonamides is 1. The predicted molar refractivity (Wildman–Crippen MR) is 66.7 cm³/mol. The summed E-state index contributed by atoms with van der Waals surface area (Å²) < 4.78 is 32.1. The maximum absolute atomic E-state index is 12.0. The van der Waals surface area contributed by atoms with Crippen LogP contribution in [0.1, 0.15) is 32.5 Å². The molecule has 102 valence electrons. The van der Waals surface area contributed by atoms with E-state index in [1.165, 1.54) is 6.20 Å². The molecule has 0 radical (unpaired) electrons. The normalized spacial score (nSPS) is 23.9. The number of hydrogen-bond donors (Lipinski definition) is 2. The lowest BCUT2D eigenvalue weighted by Crippen LogP contribution is -2.47. The molecule has 2 rings (SSSR count). The summed E-state index contributed by atoms with van der Waals surface area (Å²) in [4.78, 5) is 6.80. The zero-order valence-electron chi connectivity index (χ0n) is 10.6. The molecule has 0 aliphatic heterocycles. The van der Waals surface area contributed by atoms with Crippen LogP contribution >= 0.6 is 0 Å². The van der Waals surface area contributed by atoms with E-state index in [2.05, 4.69) is 14.7 Å². The van der Waals surface area contributed by atoms with E-state index in [0.717, 1.165) is 12.8 Å². The van der Waals surface area contributed by atoms with Gasteiger partial charge in [0.05, 0.1) is 12.3 Å². The second kappa shape index (κ2) is 5.38. The molecule has 0 saturated heterocycles. The monoisotopic (exact) mass is 273 g/mol. The summed E-state index contributed by atoms with van der Waals surface area (Å²) in [5.41, 5.74) is 0. The van der Waals surface area contributed by atoms with Crippen molar-refractivity contribution in [2.45, 2.75) is 50.3 Å². The molecule has 0 unspecified atom stereocenters. The molecular formula is C11H19N3O3S. The molecule has 7 heteroatoms. The van der Waals surface area contributed by atoms with E-state index in [9.17, 15) is 8.42 Å². The molecule has 2 N–H and O–H groups in total. The van der Waals surface area contributed by atoms with Crippen LogP contribution in [0.15, 0.2) is 11.2 Å². The first-order chi connectivity index (χ1) is 8.55. The van der Waals surface area contributed by atoms with Gasteiger partial charge in [-0.1, -0.05) is 6.92 Å². The Labute approximate surface area is 107 Å². The Bertz CT molecular complexity index is 491. The van der Waals surface area contributed by atoms with Crippen LogP contribution in [0.25, 0.3) is 0 Å². The highest BCUT2D eigenvalue weighted by atomic mass is 32.2. The SMILES string of the molecule is CCOC1CC(NS(=O)(=O)c2cnc(CC)[nH]2)C1. The van der Waals surface area contributed by atoms with Gasteiger partial charge in [-0.2, -0.15) is 0 Å². The van der Waals surface area contributed by atoms with Crippen LogP contribution in [0.4, 0.5) is 0 Å². The van der Waals surface area contributed by atoms with Crippen LogP contribution < -0.4 is 4.72 Å². The number of hydrogen-bond acceptors (Lipinski definition) is 4. The number of aromatic nitrogens is 2. The number of aryl methyl sites for hydroxylation is 1. The number of nitrogens with zero attached hydrogens (tertiary/aromatic N) is 1. The number of H-pyrrole nitrogens is 1. The molecule has 1 aromatic heterocycles. The van der Waals surface area contributed by atoms with Crippen molar-refractivity contribution in [3.63, 3.8) is 0 Å². The van der Waals surface area contributed by atoms with Crippen molar-refractivity contribution >= 4 is 10.0 Å². The van der Waals surface area contributed by atoms with E-state index in [4.69, 9.17) is 4.74 Å². The Morgan fingerprint density at radius 3 is 2.78 bits per heavy atom. The average Bonchev–Trinajstić information content (AvgIpc) is 2.75. The molecule has 0 spiro atoms. The third-order valence-electron chi connectivity index (χ3n) is 3.05. The number of rotatable bonds is 6. The first kappa shape index (κ1) is 13.5. The smallest absolute Gasteiger partial charge is 0.257 e. The molecule has 1 aromatic rings. The van der Waals surface area contributed by atoms with E-state index in [1.807, 2.05) is 13.8 Å². The van der Waals surface area contributed by atoms with Gasteiger partial charge in [-0.15, -0.1) is 0 Å². The zero-order chi connectivity index (χ0) is 13.2. The summed E-state index contributed by atoms with van der Waals surface area (Å²) in [6.07, 6.45) is 3.71. The summed E-state index contributed by atoms with van der Waals surface area (Å²) >= 11 is 0. The molecule has 1 heterocycles. The highest BCUT2D eigenvalue weighted by Gasteiger charge is 2.33. The van der Waals surface area contributed by atoms with Gasteiger partial charge >= 0.3 is 0 Å². The third-order valence-corrected chi connectivity index (χ3v) is 4.48. The Hall–Kier alpha value is -0.920. The van der Waals surface area contributed by atoms with Gasteiger partial charge in [0, 0.05) is 19.1 Å². The van der Waals surface area contributed by atoms with Crippen LogP contribution in [0, 0.1) is 0 Å². The van der Waals surface area contributed by atoms with Gasteiger partial charge in [0.15, 0.2) is 5.03 Å². The minimum absolute atomic E-state index is 0.0278. The van der Waals surface area contributed by atoms with E-state index in [1.54, 1.807) is 0 Å². The standard InChI is InChI=1S/C11H19N3O3S/c1-3-10-12-7-11(13-10)18(15,16)14-8-5-9(6-8)17-4-2/h7-9,14H,3-6H2,1-2H3,(H,12,13). The van der Waals surface area contributed by atoms with Crippen LogP contribution in [0.2, 0.25) is 0 Å². The second-order valence-corrected chi connectivity index (χ2v) is 6.10. The Morgan fingerprint density at radius 2 is 2.22 bits per heavy atom. The highest BCUT2D eigenvalue weighted by molar-refractivity contribution is 7.89. The van der Waals surface area contributed by atoms with Crippen LogP contribution in [-0.2, 0) is 21.2 Å². The summed E-state index contributed by atoms with van der Waals surface area (Å²) in [5, 5.41) is 0.138. The molecule has 6 nitrogen and oxygen atoms in total. The summed E-state index contributed by atoms with van der Waals surface area (Å²) in [7, 11) is -3.47. The van der Waals surface area contributed by atoms with Crippen molar-refractivity contribution in [3.8, 4) is 0 Å². The van der Waals surface area contributed by atoms with Crippen molar-refractivity contribution in [3.05, 3.63) is 12.0 Å². The molecule has 18 heavy (non-hydrogen) atoms. The molecule has 1 aliphatic carbocycles. The fraction of sp³-hybridized carbons (Fsp3) is 0.727. The predicted octanol–water partition coefficient (Wildman–Crippen LogP) is 0.818. The summed E-state index contributed by atoms with van der Waals surface area (Å²) in [6, 6.07) is -0.0278. The third kappa shape index (κ3) is 2.90. The minimum Gasteiger partial charge on any atom is -0.378 e. The second-order valence-electron chi connectivity index (χ2n) is 4.41. The molecule has 1 aliphatic rings. The molecule has 1 fully saturated rings. The van der Waals surface area contributed by atoms with Gasteiger partial charge in [0.2, 0.25) is 0 Å². The Balaban J connectivity index is 1.92. The number of imidazole rings is 1. The largest absolute Gasteiger partial charge is 0.378 e. The molecule has 0 aromatic carbocycles. The van der Waals surface area contributed by atoms with Gasteiger partial charge in [-0.05, 0) is 19.8 Å². The van der Waals surface area contributed by atoms with E-state index < -0.39 is 10.0 Å². The summed E-state index contributed by atoms with van der Waals surface area (Å²) in [5.74, 6) is 0.677. The highest BCUT2D eigenvalue weighted by Crippen LogP contribution is 2.24. The fourth-order valence-electron chi connectivity index (χ4n) is 1.98. The quantitative estimate of drug-likeness (QED) is 0.803. The molecule has 0 amide bonds. The number of ether oxygens (including phenoxy) is 1. The molecule has 1 saturated carbocycles. The summed E-state index contributed by atoms with van der Waals surface area (Å²) in [6.45, 7) is 4.53. The van der Waals surface area contributed by atoms with Crippen molar-refractivity contribution in [2.75, 3.05) is 6.61 Å². The maximum atomic E-state index is 12.0. The Morgan fingerprint density at radius 1 is 1.50 bits per heavy atom. The zero-order valence-corrected chi connectivity index (χ0v) is 11.5. The molecule has 0 bridgehead atoms. The van der Waals surface area contributed by atoms with Crippen molar-refractivity contribution in [2.24, 2.45) is 0 Å². The van der Waals surface area contributed by atoms with Gasteiger partial charge < -0.3 is 9.72 Å². The first-order valence-electron chi connectivity index (χ1n) is 6.23. The first-order valence-corrected chi connectivity index (χ1v) is 7.71. The minimum atomic E-state index is -3.47. The van der Waals surface area contributed by atoms with Gasteiger partial charge in [-0.3, -0.25) is 0 Å². The topological polar surface area (TPSA) is 84.1 Å². The van der Waals surface area contributed by atoms with E-state index in [0.29, 0.717) is 18.9 Å². The number of nitrogens with one attached hydrogen (secondary N) is 2. The van der Waals surface area contributed by atoms with Crippen LogP contribution in [0.5, 0.6) is 0 Å². The molecular weight excluding hydrogens is 254 g/mol. The number of aromatic amines is 1. The van der Waals surface area contributed by atoms with Gasteiger partial charge in [-0.25, -0.2) is 18.1 Å². The maximum Gasteiger partial charge on any atom is 0.257 e. The fourth-order valence-corrected chi connectivity index (χ4v) is 3.18. The van der Waals surface area contributed by atoms with Crippen molar-refractivity contribution < 1.29 is 13.2 Å². The lowest BCUT2D eigenvalue weighted by molar-refractivity contribution is -0.00477. The Kier molecular flexibility index (Phi) is 4.04. The van der Waals surface area contributed by atoms with Crippen molar-refractivity contribution in [1.82, 2.24) is 14.7 Å². The van der Waals surface area contributed by atoms with E-state index in [-0.39, 0.29) is 17.2 Å². The van der Waals surface area contributed by atoms with Crippen LogP contribution in [0.3, 0.4) is 0 Å². The van der Waals surface area contributed by atoms with Crippen molar-refractivity contribution in [1.29, 1.82) is 0 Å². The van der Waals surface area contributed by atoms with Gasteiger partial charge in [0.1, 0.15) is 5.82 Å². The van der Waals surface area contributed by atoms with E-state index >= 15 is 0 Å². The average molecular weight is 273 g/mol. The van der Waals surface area contributed by atoms with Gasteiger partial charge in [0.25, 0.3) is 10.0 Å².